The predicted octanol–water partition coefficient (Wildman–Crippen LogP) is 4.27. The molecule has 0 aromatic rings. The summed E-state index contributed by atoms with van der Waals surface area (Å²) in [6, 6.07) is 0. The number of carbonyl (C=O) groups is 1. The second-order valence-corrected chi connectivity index (χ2v) is 4.89. The third-order valence-electron chi connectivity index (χ3n) is 2.18. The summed E-state index contributed by atoms with van der Waals surface area (Å²) in [6.07, 6.45) is 5.86. The van der Waals surface area contributed by atoms with Crippen molar-refractivity contribution in [3.05, 3.63) is 0 Å². The zero-order valence-corrected chi connectivity index (χ0v) is 10.7. The average molecular weight is 270 g/mol. The van der Waals surface area contributed by atoms with E-state index in [0.717, 1.165) is 38.5 Å². The summed E-state index contributed by atoms with van der Waals surface area (Å²) in [6.45, 7) is 4.19. The zero-order chi connectivity index (χ0) is 10.3. The second kappa shape index (κ2) is 6.83. The molecule has 0 saturated heterocycles. The molecule has 0 N–H and O–H groups in total. The van der Waals surface area contributed by atoms with E-state index in [4.69, 9.17) is 11.6 Å². The Morgan fingerprint density at radius 2 is 1.85 bits per heavy atom. The van der Waals surface area contributed by atoms with Crippen LogP contribution >= 0.6 is 27.5 Å². The molecule has 3 heteroatoms. The summed E-state index contributed by atoms with van der Waals surface area (Å²) < 4.78 is -0.0559. The lowest BCUT2D eigenvalue weighted by atomic mass is 9.97. The number of carbonyl (C=O) groups excluding carboxylic acids is 1. The Morgan fingerprint density at radius 3 is 2.23 bits per heavy atom. The fourth-order valence-electron chi connectivity index (χ4n) is 1.37. The summed E-state index contributed by atoms with van der Waals surface area (Å²) in [5.41, 5.74) is 0. The van der Waals surface area contributed by atoms with Crippen LogP contribution in [0.2, 0.25) is 0 Å². The maximum Gasteiger partial charge on any atom is 0.218 e. The van der Waals surface area contributed by atoms with Gasteiger partial charge in [-0.1, -0.05) is 39.5 Å². The minimum absolute atomic E-state index is 0.0559. The van der Waals surface area contributed by atoms with Crippen molar-refractivity contribution in [2.75, 3.05) is 0 Å². The predicted molar refractivity (Wildman–Crippen MR) is 61.6 cm³/mol. The molecule has 0 aliphatic rings. The number of hydrogen-bond donors (Lipinski definition) is 0. The van der Waals surface area contributed by atoms with Gasteiger partial charge in [-0.25, -0.2) is 0 Å². The molecule has 78 valence electrons. The summed E-state index contributed by atoms with van der Waals surface area (Å²) in [5.74, 6) is 0. The van der Waals surface area contributed by atoms with Crippen LogP contribution in [0.25, 0.3) is 0 Å². The average Bonchev–Trinajstić information content (AvgIpc) is 2.05. The van der Waals surface area contributed by atoms with Crippen molar-refractivity contribution in [3.63, 3.8) is 0 Å². The highest BCUT2D eigenvalue weighted by Gasteiger charge is 2.32. The maximum atomic E-state index is 11.2. The number of halogens is 2. The molecule has 1 atom stereocenters. The third-order valence-corrected chi connectivity index (χ3v) is 3.71. The molecule has 1 nitrogen and oxygen atoms in total. The lowest BCUT2D eigenvalue weighted by Crippen LogP contribution is -2.28. The van der Waals surface area contributed by atoms with E-state index in [2.05, 4.69) is 22.9 Å². The van der Waals surface area contributed by atoms with Gasteiger partial charge in [-0.15, -0.1) is 11.6 Å². The van der Waals surface area contributed by atoms with Gasteiger partial charge in [0.2, 0.25) is 4.69 Å². The van der Waals surface area contributed by atoms with Crippen molar-refractivity contribution in [1.82, 2.24) is 0 Å². The van der Waals surface area contributed by atoms with Crippen LogP contribution in [-0.4, -0.2) is 9.57 Å². The van der Waals surface area contributed by atoms with Gasteiger partial charge in [-0.2, -0.15) is 0 Å². The second-order valence-electron chi connectivity index (χ2n) is 3.45. The normalized spacial score (nSPS) is 15.4. The highest BCUT2D eigenvalue weighted by atomic mass is 79.9. The summed E-state index contributed by atoms with van der Waals surface area (Å²) in [5, 5.41) is 0. The summed E-state index contributed by atoms with van der Waals surface area (Å²) in [4.78, 5) is 10.6. The molecule has 13 heavy (non-hydrogen) atoms. The molecule has 0 radical (unpaired) electrons. The molecular formula is C10H18BrClO. The van der Waals surface area contributed by atoms with Gasteiger partial charge in [0, 0.05) is 0 Å². The van der Waals surface area contributed by atoms with Gasteiger partial charge in [-0.05, 0) is 28.8 Å². The third kappa shape index (κ3) is 5.02. The molecule has 0 rings (SSSR count). The smallest absolute Gasteiger partial charge is 0.218 e. The standard InChI is InChI=1S/C10H18BrClO/c1-3-5-6-8-10(12,7-4-2)9(11)13/h3-8H2,1-2H3. The zero-order valence-electron chi connectivity index (χ0n) is 8.41. The number of alkyl halides is 1. The number of hydrogen-bond acceptors (Lipinski definition) is 1. The van der Waals surface area contributed by atoms with Crippen molar-refractivity contribution >= 4 is 32.2 Å². The quantitative estimate of drug-likeness (QED) is 0.383. The van der Waals surface area contributed by atoms with E-state index in [1.807, 2.05) is 6.92 Å². The largest absolute Gasteiger partial charge is 0.285 e. The van der Waals surface area contributed by atoms with Gasteiger partial charge in [-0.3, -0.25) is 4.79 Å². The molecule has 0 aromatic heterocycles. The van der Waals surface area contributed by atoms with Crippen LogP contribution < -0.4 is 0 Å². The first-order chi connectivity index (χ1) is 6.06. The van der Waals surface area contributed by atoms with Crippen molar-refractivity contribution in [3.8, 4) is 0 Å². The van der Waals surface area contributed by atoms with Crippen LogP contribution in [0.4, 0.5) is 0 Å². The van der Waals surface area contributed by atoms with Crippen LogP contribution in [0.1, 0.15) is 52.4 Å². The van der Waals surface area contributed by atoms with Gasteiger partial charge in [0.1, 0.15) is 4.87 Å². The first kappa shape index (κ1) is 13.4. The molecule has 0 bridgehead atoms. The Kier molecular flexibility index (Phi) is 7.06. The Hall–Kier alpha value is 0.440. The molecule has 0 saturated carbocycles. The monoisotopic (exact) mass is 268 g/mol. The van der Waals surface area contributed by atoms with E-state index >= 15 is 0 Å². The lowest BCUT2D eigenvalue weighted by molar-refractivity contribution is -0.113. The maximum absolute atomic E-state index is 11.2. The molecule has 0 aromatic carbocycles. The summed E-state index contributed by atoms with van der Waals surface area (Å²) >= 11 is 9.19. The van der Waals surface area contributed by atoms with E-state index in [9.17, 15) is 4.79 Å². The van der Waals surface area contributed by atoms with Crippen LogP contribution in [0, 0.1) is 0 Å². The van der Waals surface area contributed by atoms with Crippen LogP contribution in [0.3, 0.4) is 0 Å². The molecule has 0 amide bonds. The van der Waals surface area contributed by atoms with Gasteiger partial charge in [0.25, 0.3) is 0 Å². The molecule has 0 fully saturated rings. The molecule has 1 unspecified atom stereocenters. The Bertz CT molecular complexity index is 161. The first-order valence-electron chi connectivity index (χ1n) is 4.95. The van der Waals surface area contributed by atoms with Gasteiger partial charge in [0.15, 0.2) is 0 Å². The van der Waals surface area contributed by atoms with Crippen molar-refractivity contribution in [1.29, 1.82) is 0 Å². The van der Waals surface area contributed by atoms with E-state index in [-0.39, 0.29) is 4.69 Å². The van der Waals surface area contributed by atoms with Crippen LogP contribution in [-0.2, 0) is 4.79 Å². The number of rotatable bonds is 7. The van der Waals surface area contributed by atoms with E-state index in [0.29, 0.717) is 0 Å². The van der Waals surface area contributed by atoms with Crippen molar-refractivity contribution in [2.45, 2.75) is 57.2 Å². The lowest BCUT2D eigenvalue weighted by Gasteiger charge is -2.22. The van der Waals surface area contributed by atoms with Crippen LogP contribution in [0.5, 0.6) is 0 Å². The molecule has 0 heterocycles. The Labute approximate surface area is 94.4 Å². The minimum atomic E-state index is -0.649. The SMILES string of the molecule is CCCCCC(Cl)(CCC)C(=O)Br. The molecule has 0 aliphatic carbocycles. The fraction of sp³-hybridized carbons (Fsp3) is 0.900. The molecule has 0 spiro atoms. The summed E-state index contributed by atoms with van der Waals surface area (Å²) in [7, 11) is 0. The highest BCUT2D eigenvalue weighted by Crippen LogP contribution is 2.31. The van der Waals surface area contributed by atoms with Crippen molar-refractivity contribution in [2.24, 2.45) is 0 Å². The minimum Gasteiger partial charge on any atom is -0.285 e. The van der Waals surface area contributed by atoms with Crippen molar-refractivity contribution < 1.29 is 4.79 Å². The molecule has 0 aliphatic heterocycles. The highest BCUT2D eigenvalue weighted by molar-refractivity contribution is 9.18. The fourth-order valence-corrected chi connectivity index (χ4v) is 2.09. The molecular weight excluding hydrogens is 251 g/mol. The van der Waals surface area contributed by atoms with Gasteiger partial charge >= 0.3 is 0 Å². The number of unbranched alkanes of at least 4 members (excludes halogenated alkanes) is 2. The van der Waals surface area contributed by atoms with Gasteiger partial charge in [0.05, 0.1) is 0 Å². The van der Waals surface area contributed by atoms with Gasteiger partial charge < -0.3 is 0 Å². The van der Waals surface area contributed by atoms with E-state index in [1.54, 1.807) is 0 Å². The Morgan fingerprint density at radius 1 is 1.23 bits per heavy atom. The first-order valence-corrected chi connectivity index (χ1v) is 6.12. The Balaban J connectivity index is 4.00. The van der Waals surface area contributed by atoms with E-state index < -0.39 is 4.87 Å². The van der Waals surface area contributed by atoms with Crippen LogP contribution in [0.15, 0.2) is 0 Å². The topological polar surface area (TPSA) is 17.1 Å². The van der Waals surface area contributed by atoms with E-state index in [1.165, 1.54) is 0 Å².